The topological polar surface area (TPSA) is 175 Å². The molecular formula is C19H35N7O5. The van der Waals surface area contributed by atoms with Gasteiger partial charge in [0.1, 0.15) is 24.0 Å². The van der Waals surface area contributed by atoms with Gasteiger partial charge in [0, 0.05) is 17.5 Å². The predicted octanol–water partition coefficient (Wildman–Crippen LogP) is 2.27. The molecule has 3 atom stereocenters. The maximum Gasteiger partial charge on any atom is 0.432 e. The van der Waals surface area contributed by atoms with Gasteiger partial charge in [0.15, 0.2) is 0 Å². The molecule has 176 valence electrons. The summed E-state index contributed by atoms with van der Waals surface area (Å²) in [6, 6.07) is -0.903. The molecule has 0 aliphatic rings. The van der Waals surface area contributed by atoms with Crippen LogP contribution in [-0.2, 0) is 6.42 Å². The largest absolute Gasteiger partial charge is 0.432 e. The molecule has 1 aromatic rings. The molecule has 12 nitrogen and oxygen atoms in total. The van der Waals surface area contributed by atoms with E-state index in [1.165, 1.54) is 6.20 Å². The molecule has 12 heteroatoms. The van der Waals surface area contributed by atoms with Crippen LogP contribution < -0.4 is 10.6 Å². The summed E-state index contributed by atoms with van der Waals surface area (Å²) in [6.07, 6.45) is 1.13. The summed E-state index contributed by atoms with van der Waals surface area (Å²) in [6.45, 7) is 12.0. The van der Waals surface area contributed by atoms with Crippen molar-refractivity contribution < 1.29 is 10.0 Å². The van der Waals surface area contributed by atoms with E-state index in [0.29, 0.717) is 25.2 Å². The molecule has 1 heterocycles. The first-order valence-corrected chi connectivity index (χ1v) is 10.3. The Morgan fingerprint density at radius 2 is 1.61 bits per heavy atom. The van der Waals surface area contributed by atoms with E-state index in [4.69, 9.17) is 0 Å². The molecule has 0 saturated heterocycles. The van der Waals surface area contributed by atoms with Crippen molar-refractivity contribution in [2.45, 2.75) is 83.6 Å². The van der Waals surface area contributed by atoms with Gasteiger partial charge < -0.3 is 25.9 Å². The molecule has 0 fully saturated rings. The zero-order valence-corrected chi connectivity index (χ0v) is 19.1. The van der Waals surface area contributed by atoms with Crippen molar-refractivity contribution in [2.24, 2.45) is 16.3 Å². The molecule has 0 amide bonds. The van der Waals surface area contributed by atoms with Crippen molar-refractivity contribution in [3.05, 3.63) is 31.8 Å². The number of nitrogens with zero attached hydrogens (tertiary/aromatic N) is 4. The van der Waals surface area contributed by atoms with Gasteiger partial charge in [0.2, 0.25) is 0 Å². The summed E-state index contributed by atoms with van der Waals surface area (Å²) in [5.74, 6) is -0.430. The average molecular weight is 442 g/mol. The molecule has 4 N–H and O–H groups in total. The Morgan fingerprint density at radius 3 is 2.00 bits per heavy atom. The van der Waals surface area contributed by atoms with Crippen molar-refractivity contribution in [3.8, 4) is 0 Å². The fourth-order valence-electron chi connectivity index (χ4n) is 2.88. The quantitative estimate of drug-likeness (QED) is 0.182. The number of aromatic nitrogens is 2. The number of hydrogen-bond donors (Lipinski definition) is 4. The monoisotopic (exact) mass is 441 g/mol. The lowest BCUT2D eigenvalue weighted by Crippen LogP contribution is -2.53. The van der Waals surface area contributed by atoms with Crippen LogP contribution >= 0.6 is 0 Å². The van der Waals surface area contributed by atoms with E-state index in [9.17, 15) is 25.0 Å². The number of imidazole rings is 1. The van der Waals surface area contributed by atoms with Crippen LogP contribution in [0.4, 0.5) is 5.95 Å². The maximum absolute atomic E-state index is 11.0. The van der Waals surface area contributed by atoms with Gasteiger partial charge in [-0.1, -0.05) is 15.3 Å². The Bertz CT molecular complexity index is 707. The molecule has 31 heavy (non-hydrogen) atoms. The smallest absolute Gasteiger partial charge is 0.393 e. The summed E-state index contributed by atoms with van der Waals surface area (Å²) in [4.78, 5) is 38.3. The maximum atomic E-state index is 11.0. The highest BCUT2D eigenvalue weighted by Gasteiger charge is 2.30. The van der Waals surface area contributed by atoms with Crippen molar-refractivity contribution in [3.63, 3.8) is 0 Å². The summed E-state index contributed by atoms with van der Waals surface area (Å²) in [5, 5.41) is 34.2. The van der Waals surface area contributed by atoms with Crippen LogP contribution in [0.2, 0.25) is 0 Å². The van der Waals surface area contributed by atoms with Crippen LogP contribution in [0.3, 0.4) is 0 Å². The van der Waals surface area contributed by atoms with E-state index >= 15 is 0 Å². The molecule has 3 unspecified atom stereocenters. The number of aliphatic hydroxyl groups is 1. The Labute approximate surface area is 182 Å². The SMILES string of the molecule is CC(N=O)C(C)(C)NCC(CNC(C)(C)C(C)N=O)CC(O)Cc1cnc([N+](=O)[O-])[nH]1. The van der Waals surface area contributed by atoms with Gasteiger partial charge in [-0.15, -0.1) is 0 Å². The van der Waals surface area contributed by atoms with Gasteiger partial charge in [-0.05, 0) is 71.9 Å². The summed E-state index contributed by atoms with van der Waals surface area (Å²) < 4.78 is 0. The highest BCUT2D eigenvalue weighted by molar-refractivity contribution is 5.11. The average Bonchev–Trinajstić information content (AvgIpc) is 3.17. The third-order valence-corrected chi connectivity index (χ3v) is 5.95. The Kier molecular flexibility index (Phi) is 9.78. The molecule has 0 bridgehead atoms. The fraction of sp³-hybridized carbons (Fsp3) is 0.842. The number of aliphatic hydroxyl groups excluding tert-OH is 1. The first kappa shape index (κ1) is 26.7. The Balaban J connectivity index is 2.82. The van der Waals surface area contributed by atoms with Gasteiger partial charge in [-0.2, -0.15) is 9.81 Å². The van der Waals surface area contributed by atoms with Crippen molar-refractivity contribution in [2.75, 3.05) is 13.1 Å². The molecule has 0 aliphatic heterocycles. The van der Waals surface area contributed by atoms with E-state index in [0.717, 1.165) is 0 Å². The Morgan fingerprint density at radius 1 is 1.13 bits per heavy atom. The first-order valence-electron chi connectivity index (χ1n) is 10.3. The lowest BCUT2D eigenvalue weighted by atomic mass is 9.91. The highest BCUT2D eigenvalue weighted by atomic mass is 16.6. The van der Waals surface area contributed by atoms with Crippen LogP contribution in [0, 0.1) is 25.8 Å². The van der Waals surface area contributed by atoms with E-state index < -0.39 is 34.2 Å². The first-order chi connectivity index (χ1) is 14.3. The second-order valence-electron chi connectivity index (χ2n) is 9.22. The van der Waals surface area contributed by atoms with Gasteiger partial charge in [-0.25, -0.2) is 4.98 Å². The second kappa shape index (κ2) is 11.3. The number of aromatic amines is 1. The third-order valence-electron chi connectivity index (χ3n) is 5.95. The van der Waals surface area contributed by atoms with E-state index in [-0.39, 0.29) is 18.3 Å². The molecule has 0 spiro atoms. The minimum Gasteiger partial charge on any atom is -0.393 e. The molecule has 0 aromatic carbocycles. The van der Waals surface area contributed by atoms with Gasteiger partial charge in [0.25, 0.3) is 0 Å². The van der Waals surface area contributed by atoms with E-state index in [2.05, 4.69) is 31.0 Å². The summed E-state index contributed by atoms with van der Waals surface area (Å²) in [7, 11) is 0. The molecule has 1 aromatic heterocycles. The number of nitro groups is 1. The highest BCUT2D eigenvalue weighted by Crippen LogP contribution is 2.18. The molecular weight excluding hydrogens is 406 g/mol. The number of rotatable bonds is 15. The van der Waals surface area contributed by atoms with Gasteiger partial charge >= 0.3 is 5.95 Å². The second-order valence-corrected chi connectivity index (χ2v) is 9.22. The number of hydrogen-bond acceptors (Lipinski definition) is 10. The third kappa shape index (κ3) is 8.38. The van der Waals surface area contributed by atoms with E-state index in [1.54, 1.807) is 13.8 Å². The predicted molar refractivity (Wildman–Crippen MR) is 118 cm³/mol. The number of nitroso groups, excluding NO2 is 2. The standard InChI is InChI=1S/C19H35N7O5/c1-12(24-28)18(3,4)21-9-14(10-22-19(5,6)13(2)25-29)7-16(27)8-15-11-20-17(23-15)26(30)31/h11-14,16,21-22,27H,7-10H2,1-6H3,(H,20,23). The normalized spacial score (nSPS) is 16.4. The van der Waals surface area contributed by atoms with Crippen LogP contribution in [0.5, 0.6) is 0 Å². The summed E-state index contributed by atoms with van der Waals surface area (Å²) in [5.41, 5.74) is -0.610. The molecule has 0 radical (unpaired) electrons. The molecule has 1 rings (SSSR count). The summed E-state index contributed by atoms with van der Waals surface area (Å²) >= 11 is 0. The number of nitrogens with one attached hydrogen (secondary N) is 3. The molecule has 0 saturated carbocycles. The minimum absolute atomic E-state index is 0.0656. The van der Waals surface area contributed by atoms with Crippen LogP contribution in [-0.4, -0.2) is 62.4 Å². The van der Waals surface area contributed by atoms with Crippen molar-refractivity contribution >= 4 is 5.95 Å². The van der Waals surface area contributed by atoms with E-state index in [1.807, 2.05) is 27.7 Å². The van der Waals surface area contributed by atoms with Crippen LogP contribution in [0.15, 0.2) is 16.6 Å². The van der Waals surface area contributed by atoms with Crippen LogP contribution in [0.25, 0.3) is 0 Å². The lowest BCUT2D eigenvalue weighted by molar-refractivity contribution is -0.393. The number of H-pyrrole nitrogens is 1. The van der Waals surface area contributed by atoms with Crippen molar-refractivity contribution in [1.29, 1.82) is 0 Å². The van der Waals surface area contributed by atoms with Crippen molar-refractivity contribution in [1.82, 2.24) is 20.6 Å². The van der Waals surface area contributed by atoms with Gasteiger partial charge in [-0.3, -0.25) is 0 Å². The van der Waals surface area contributed by atoms with Gasteiger partial charge in [0.05, 0.1) is 6.10 Å². The lowest BCUT2D eigenvalue weighted by Gasteiger charge is -2.34. The fourth-order valence-corrected chi connectivity index (χ4v) is 2.88. The minimum atomic E-state index is -0.775. The zero-order chi connectivity index (χ0) is 23.8. The molecule has 0 aliphatic carbocycles. The zero-order valence-electron chi connectivity index (χ0n) is 19.1. The Hall–Kier alpha value is -2.31. The van der Waals surface area contributed by atoms with Crippen LogP contribution in [0.1, 0.15) is 53.7 Å².